The lowest BCUT2D eigenvalue weighted by Gasteiger charge is -1.99. The Balaban J connectivity index is 0.000000180. The minimum Gasteiger partial charge on any atom is -0.369 e. The van der Waals surface area contributed by atoms with Crippen LogP contribution in [0.5, 0.6) is 0 Å². The fourth-order valence-corrected chi connectivity index (χ4v) is 2.42. The predicted molar refractivity (Wildman–Crippen MR) is 76.7 cm³/mol. The highest BCUT2D eigenvalue weighted by molar-refractivity contribution is 4.89. The van der Waals surface area contributed by atoms with E-state index in [1.54, 1.807) is 0 Å². The Bertz CT molecular complexity index is 195. The molecule has 2 aliphatic rings. The highest BCUT2D eigenvalue weighted by atomic mass is 16.6. The molecule has 0 aliphatic carbocycles. The predicted octanol–water partition coefficient (Wildman–Crippen LogP) is 4.13. The summed E-state index contributed by atoms with van der Waals surface area (Å²) in [5.74, 6) is 2.82. The Morgan fingerprint density at radius 3 is 0.667 bits per heavy atom. The van der Waals surface area contributed by atoms with Gasteiger partial charge in [-0.25, -0.2) is 0 Å². The molecule has 4 unspecified atom stereocenters. The lowest BCUT2D eigenvalue weighted by molar-refractivity contribution is 0.313. The van der Waals surface area contributed by atoms with Crippen LogP contribution in [0.4, 0.5) is 0 Å². The van der Waals surface area contributed by atoms with Gasteiger partial charge in [-0.05, 0) is 23.7 Å². The second kappa shape index (κ2) is 6.38. The minimum atomic E-state index is 0.560. The van der Waals surface area contributed by atoms with Crippen molar-refractivity contribution in [3.05, 3.63) is 0 Å². The van der Waals surface area contributed by atoms with Crippen LogP contribution in [0.2, 0.25) is 0 Å². The van der Waals surface area contributed by atoms with E-state index < -0.39 is 0 Å². The lowest BCUT2D eigenvalue weighted by atomic mass is 10.0. The maximum atomic E-state index is 5.44. The van der Waals surface area contributed by atoms with E-state index in [-0.39, 0.29) is 0 Å². The van der Waals surface area contributed by atoms with Gasteiger partial charge < -0.3 is 9.47 Å². The molecule has 2 fully saturated rings. The Morgan fingerprint density at radius 1 is 0.444 bits per heavy atom. The molecule has 2 saturated heterocycles. The number of ether oxygens (including phenoxy) is 2. The van der Waals surface area contributed by atoms with Crippen molar-refractivity contribution in [3.8, 4) is 0 Å². The van der Waals surface area contributed by atoms with Crippen molar-refractivity contribution >= 4 is 0 Å². The second-order valence-corrected chi connectivity index (χ2v) is 7.11. The lowest BCUT2D eigenvalue weighted by Crippen LogP contribution is -2.07. The highest BCUT2D eigenvalue weighted by Crippen LogP contribution is 2.34. The second-order valence-electron chi connectivity index (χ2n) is 7.11. The zero-order chi connectivity index (χ0) is 14.0. The molecule has 0 amide bonds. The van der Waals surface area contributed by atoms with Gasteiger partial charge in [0.25, 0.3) is 0 Å². The monoisotopic (exact) mass is 256 g/mol. The largest absolute Gasteiger partial charge is 0.369 e. The van der Waals surface area contributed by atoms with Crippen LogP contribution in [0.15, 0.2) is 0 Å². The molecule has 2 heteroatoms. The van der Waals surface area contributed by atoms with E-state index in [0.717, 1.165) is 0 Å². The summed E-state index contributed by atoms with van der Waals surface area (Å²) in [7, 11) is 0. The Labute approximate surface area is 113 Å². The molecule has 0 saturated carbocycles. The summed E-state index contributed by atoms with van der Waals surface area (Å²) in [5, 5.41) is 0. The molecular formula is C16H32O2. The van der Waals surface area contributed by atoms with Crippen molar-refractivity contribution in [2.75, 3.05) is 0 Å². The van der Waals surface area contributed by atoms with E-state index in [0.29, 0.717) is 48.1 Å². The first-order valence-electron chi connectivity index (χ1n) is 7.56. The Kier molecular flexibility index (Phi) is 5.67. The van der Waals surface area contributed by atoms with Crippen LogP contribution in [0.3, 0.4) is 0 Å². The van der Waals surface area contributed by atoms with Crippen molar-refractivity contribution in [3.63, 3.8) is 0 Å². The van der Waals surface area contributed by atoms with Crippen LogP contribution in [0.1, 0.15) is 55.4 Å². The maximum absolute atomic E-state index is 5.44. The first-order valence-corrected chi connectivity index (χ1v) is 7.56. The molecule has 2 rings (SSSR count). The van der Waals surface area contributed by atoms with E-state index >= 15 is 0 Å². The van der Waals surface area contributed by atoms with Crippen LogP contribution in [-0.2, 0) is 9.47 Å². The number of hydrogen-bond acceptors (Lipinski definition) is 2. The van der Waals surface area contributed by atoms with Gasteiger partial charge >= 0.3 is 0 Å². The standard InChI is InChI=1S/2C8H16O/c2*1-5(2)7-8(9-7)6(3)4/h2*5-8H,1-4H3. The average Bonchev–Trinajstić information content (AvgIpc) is 3.12. The normalized spacial score (nSPS) is 34.0. The molecule has 108 valence electrons. The van der Waals surface area contributed by atoms with Gasteiger partial charge in [-0.3, -0.25) is 0 Å². The van der Waals surface area contributed by atoms with Crippen molar-refractivity contribution in [1.82, 2.24) is 0 Å². The molecule has 0 radical (unpaired) electrons. The van der Waals surface area contributed by atoms with Gasteiger partial charge in [-0.1, -0.05) is 55.4 Å². The molecule has 0 aromatic heterocycles. The number of rotatable bonds is 4. The van der Waals surface area contributed by atoms with E-state index in [1.807, 2.05) is 0 Å². The van der Waals surface area contributed by atoms with E-state index in [9.17, 15) is 0 Å². The molecule has 2 heterocycles. The molecule has 0 aromatic rings. The summed E-state index contributed by atoms with van der Waals surface area (Å²) in [5.41, 5.74) is 0. The fourth-order valence-electron chi connectivity index (χ4n) is 2.42. The van der Waals surface area contributed by atoms with Crippen LogP contribution < -0.4 is 0 Å². The van der Waals surface area contributed by atoms with Crippen LogP contribution >= 0.6 is 0 Å². The molecule has 0 aromatic carbocycles. The Hall–Kier alpha value is -0.0800. The third-order valence-corrected chi connectivity index (χ3v) is 3.75. The van der Waals surface area contributed by atoms with Crippen molar-refractivity contribution < 1.29 is 9.47 Å². The fraction of sp³-hybridized carbons (Fsp3) is 1.00. The van der Waals surface area contributed by atoms with Crippen molar-refractivity contribution in [1.29, 1.82) is 0 Å². The smallest absolute Gasteiger partial charge is 0.0867 e. The molecule has 2 aliphatic heterocycles. The topological polar surface area (TPSA) is 25.1 Å². The quantitative estimate of drug-likeness (QED) is 0.707. The van der Waals surface area contributed by atoms with Crippen molar-refractivity contribution in [2.45, 2.75) is 79.8 Å². The van der Waals surface area contributed by atoms with Crippen LogP contribution in [-0.4, -0.2) is 24.4 Å². The third kappa shape index (κ3) is 4.55. The van der Waals surface area contributed by atoms with Gasteiger partial charge in [0.2, 0.25) is 0 Å². The van der Waals surface area contributed by atoms with E-state index in [4.69, 9.17) is 9.47 Å². The zero-order valence-corrected chi connectivity index (χ0v) is 13.4. The molecule has 4 atom stereocenters. The van der Waals surface area contributed by atoms with E-state index in [2.05, 4.69) is 55.4 Å². The minimum absolute atomic E-state index is 0.560. The van der Waals surface area contributed by atoms with Crippen LogP contribution in [0.25, 0.3) is 0 Å². The van der Waals surface area contributed by atoms with Gasteiger partial charge in [0.1, 0.15) is 0 Å². The van der Waals surface area contributed by atoms with Crippen LogP contribution in [0, 0.1) is 23.7 Å². The summed E-state index contributed by atoms with van der Waals surface area (Å²) < 4.78 is 10.9. The molecule has 0 spiro atoms. The van der Waals surface area contributed by atoms with E-state index in [1.165, 1.54) is 0 Å². The van der Waals surface area contributed by atoms with Gasteiger partial charge in [-0.2, -0.15) is 0 Å². The Morgan fingerprint density at radius 2 is 0.611 bits per heavy atom. The summed E-state index contributed by atoms with van der Waals surface area (Å²) >= 11 is 0. The summed E-state index contributed by atoms with van der Waals surface area (Å²) in [6.07, 6.45) is 2.24. The maximum Gasteiger partial charge on any atom is 0.0867 e. The van der Waals surface area contributed by atoms with Gasteiger partial charge in [0.15, 0.2) is 0 Å². The molecular weight excluding hydrogens is 224 g/mol. The summed E-state index contributed by atoms with van der Waals surface area (Å²) in [6, 6.07) is 0. The summed E-state index contributed by atoms with van der Waals surface area (Å²) in [6.45, 7) is 17.7. The zero-order valence-electron chi connectivity index (χ0n) is 13.4. The molecule has 18 heavy (non-hydrogen) atoms. The van der Waals surface area contributed by atoms with Gasteiger partial charge in [0, 0.05) is 0 Å². The third-order valence-electron chi connectivity index (χ3n) is 3.75. The molecule has 0 bridgehead atoms. The number of epoxide rings is 2. The first-order chi connectivity index (χ1) is 8.25. The highest BCUT2D eigenvalue weighted by Gasteiger charge is 2.43. The van der Waals surface area contributed by atoms with Gasteiger partial charge in [-0.15, -0.1) is 0 Å². The van der Waals surface area contributed by atoms with Gasteiger partial charge in [0.05, 0.1) is 24.4 Å². The average molecular weight is 256 g/mol. The van der Waals surface area contributed by atoms with Crippen molar-refractivity contribution in [2.24, 2.45) is 23.7 Å². The summed E-state index contributed by atoms with van der Waals surface area (Å²) in [4.78, 5) is 0. The molecule has 0 N–H and O–H groups in total. The molecule has 2 nitrogen and oxygen atoms in total. The number of hydrogen-bond donors (Lipinski definition) is 0. The SMILES string of the molecule is CC(C)C1OC1C(C)C.CC(C)C1OC1C(C)C. The first kappa shape index (κ1) is 16.0.